The maximum Gasteiger partial charge on any atom is 0.432 e. The first kappa shape index (κ1) is 10.5. The fourth-order valence-corrected chi connectivity index (χ4v) is 1.00. The molecule has 14 heavy (non-hydrogen) atoms. The van der Waals surface area contributed by atoms with Crippen LogP contribution in [0.2, 0.25) is 0 Å². The molecule has 1 heterocycles. The van der Waals surface area contributed by atoms with Crippen LogP contribution in [0.5, 0.6) is 0 Å². The standard InChI is InChI=1S/C8H12N2O4/c1-2-5-9-8(13)14-10-6(11)3-4-7(10)12/h2-5H2,1H3,(H,9,13)/i1+1,2+1,5+1,9+1,13+2. The number of hydroxylamine groups is 2. The molecule has 0 aromatic rings. The van der Waals surface area contributed by atoms with E-state index in [1.807, 2.05) is 6.92 Å². The molecule has 0 aromatic carbocycles. The van der Waals surface area contributed by atoms with Gasteiger partial charge in [0.05, 0.1) is 0 Å². The summed E-state index contributed by atoms with van der Waals surface area (Å²) < 4.78 is 0. The molecule has 78 valence electrons. The number of carbonyl (C=O) groups excluding carboxylic acids is 3. The second kappa shape index (κ2) is 4.59. The third-order valence-electron chi connectivity index (χ3n) is 1.70. The number of amides is 3. The van der Waals surface area contributed by atoms with E-state index >= 15 is 0 Å². The Bertz CT molecular complexity index is 248. The first-order chi connectivity index (χ1) is 6.65. The van der Waals surface area contributed by atoms with Gasteiger partial charge in [-0.3, -0.25) is 9.59 Å². The van der Waals surface area contributed by atoms with Crippen LogP contribution in [-0.2, 0) is 14.4 Å². The Labute approximate surface area is 81.1 Å². The van der Waals surface area contributed by atoms with Crippen LogP contribution in [-0.4, -0.2) is 29.5 Å². The zero-order valence-electron chi connectivity index (χ0n) is 7.91. The van der Waals surface area contributed by atoms with Crippen LogP contribution in [0.3, 0.4) is 0 Å². The van der Waals surface area contributed by atoms with E-state index in [2.05, 4.69) is 10.2 Å². The minimum atomic E-state index is -0.768. The van der Waals surface area contributed by atoms with Crippen molar-refractivity contribution < 1.29 is 19.2 Å². The number of nitrogens with zero attached hydrogens (tertiary/aromatic N) is 1. The normalized spacial score (nSPS) is 15.9. The van der Waals surface area contributed by atoms with Gasteiger partial charge in [-0.2, -0.15) is 0 Å². The monoisotopic (exact) mass is 206 g/mol. The summed E-state index contributed by atoms with van der Waals surface area (Å²) >= 11 is 0. The Morgan fingerprint density at radius 3 is 2.57 bits per heavy atom. The summed E-state index contributed by atoms with van der Waals surface area (Å²) in [6, 6.07) is 0. The average molecular weight is 206 g/mol. The highest BCUT2D eigenvalue weighted by Crippen LogP contribution is 2.11. The minimum absolute atomic E-state index is 0.111. The molecule has 6 heteroatoms. The SMILES string of the molecule is [13CH3][13CH2][13CH2][15NH]C(=[18O])ON1C(=O)CCC1=O. The Hall–Kier alpha value is -1.59. The maximum absolute atomic E-state index is 11.0. The summed E-state index contributed by atoms with van der Waals surface area (Å²) in [5, 5.41) is 2.91. The molecule has 1 saturated heterocycles. The molecule has 0 saturated carbocycles. The van der Waals surface area contributed by atoms with Crippen LogP contribution in [0, 0.1) is 0 Å². The summed E-state index contributed by atoms with van der Waals surface area (Å²) in [7, 11) is 0. The zero-order chi connectivity index (χ0) is 10.6. The van der Waals surface area contributed by atoms with Gasteiger partial charge in [-0.15, -0.1) is 5.06 Å². The van der Waals surface area contributed by atoms with Gasteiger partial charge in [0.1, 0.15) is 0 Å². The van der Waals surface area contributed by atoms with Gasteiger partial charge < -0.3 is 10.2 Å². The highest BCUT2D eigenvalue weighted by atomic mass is 18.1. The molecule has 0 unspecified atom stereocenters. The van der Waals surface area contributed by atoms with E-state index in [0.717, 1.165) is 6.42 Å². The molecule has 1 fully saturated rings. The van der Waals surface area contributed by atoms with E-state index in [9.17, 15) is 14.4 Å². The van der Waals surface area contributed by atoms with Crippen LogP contribution < -0.4 is 5.32 Å². The van der Waals surface area contributed by atoms with Crippen molar-refractivity contribution in [1.29, 1.82) is 0 Å². The van der Waals surface area contributed by atoms with Crippen molar-refractivity contribution in [3.63, 3.8) is 0 Å². The molecule has 1 rings (SSSR count). The van der Waals surface area contributed by atoms with Crippen molar-refractivity contribution in [3.05, 3.63) is 0 Å². The van der Waals surface area contributed by atoms with Crippen molar-refractivity contribution >= 4 is 17.9 Å². The number of imide groups is 1. The van der Waals surface area contributed by atoms with Gasteiger partial charge in [-0.05, 0) is 6.42 Å². The highest BCUT2D eigenvalue weighted by molar-refractivity contribution is 6.01. The van der Waals surface area contributed by atoms with E-state index in [-0.39, 0.29) is 12.8 Å². The number of hydrogen-bond acceptors (Lipinski definition) is 4. The topological polar surface area (TPSA) is 75.7 Å². The largest absolute Gasteiger partial charge is 0.432 e. The fourth-order valence-electron chi connectivity index (χ4n) is 1.00. The molecule has 0 aliphatic carbocycles. The lowest BCUT2D eigenvalue weighted by Gasteiger charge is -2.12. The molecule has 1 aliphatic heterocycles. The molecular weight excluding hydrogens is 194 g/mol. The van der Waals surface area contributed by atoms with E-state index in [1.165, 1.54) is 0 Å². The van der Waals surface area contributed by atoms with E-state index in [0.29, 0.717) is 11.6 Å². The molecule has 1 N–H and O–H groups in total. The summed E-state index contributed by atoms with van der Waals surface area (Å²) in [5.41, 5.74) is 0. The molecule has 0 atom stereocenters. The van der Waals surface area contributed by atoms with Crippen LogP contribution in [0.25, 0.3) is 0 Å². The number of hydrogen-bond donors (Lipinski definition) is 1. The Kier molecular flexibility index (Phi) is 3.44. The minimum Gasteiger partial charge on any atom is -0.320 e. The van der Waals surface area contributed by atoms with Crippen LogP contribution in [0.4, 0.5) is 4.79 Å². The Morgan fingerprint density at radius 1 is 1.50 bits per heavy atom. The van der Waals surface area contributed by atoms with Crippen LogP contribution in [0.15, 0.2) is 0 Å². The summed E-state index contributed by atoms with van der Waals surface area (Å²) in [5.74, 6) is -0.941. The summed E-state index contributed by atoms with van der Waals surface area (Å²) in [6.07, 6.45) is 0.215. The van der Waals surface area contributed by atoms with Gasteiger partial charge in [0.15, 0.2) is 0 Å². The van der Waals surface area contributed by atoms with Gasteiger partial charge in [0, 0.05) is 19.4 Å². The van der Waals surface area contributed by atoms with Crippen molar-refractivity contribution in [2.45, 2.75) is 26.2 Å². The lowest BCUT2D eigenvalue weighted by Crippen LogP contribution is -2.37. The fraction of sp³-hybridized carbons (Fsp3) is 0.625. The average Bonchev–Trinajstić information content (AvgIpc) is 2.46. The maximum atomic E-state index is 11.0. The number of rotatable bonds is 3. The van der Waals surface area contributed by atoms with Gasteiger partial charge in [0.25, 0.3) is 11.8 Å². The smallest absolute Gasteiger partial charge is 0.320 e. The molecule has 0 spiro atoms. The lowest BCUT2D eigenvalue weighted by atomic mass is 10.4. The van der Waals surface area contributed by atoms with Gasteiger partial charge >= 0.3 is 6.09 Å². The summed E-state index contributed by atoms with van der Waals surface area (Å²) in [4.78, 5) is 37.5. The quantitative estimate of drug-likeness (QED) is 0.309. The Morgan fingerprint density at radius 2 is 2.07 bits per heavy atom. The molecule has 0 bridgehead atoms. The molecule has 6 nitrogen and oxygen atoms in total. The van der Waals surface area contributed by atoms with Crippen molar-refractivity contribution in [2.75, 3.05) is 6.54 Å². The van der Waals surface area contributed by atoms with Crippen LogP contribution in [0.1, 0.15) is 26.2 Å². The predicted molar refractivity (Wildman–Crippen MR) is 45.9 cm³/mol. The van der Waals surface area contributed by atoms with Crippen LogP contribution >= 0.6 is 0 Å². The zero-order valence-corrected chi connectivity index (χ0v) is 7.91. The molecule has 3 amide bonds. The predicted octanol–water partition coefficient (Wildman–Crippen LogP) is 0.187. The third-order valence-corrected chi connectivity index (χ3v) is 1.70. The first-order valence-corrected chi connectivity index (χ1v) is 4.46. The van der Waals surface area contributed by atoms with Crippen molar-refractivity contribution in [3.8, 4) is 0 Å². The first-order valence-electron chi connectivity index (χ1n) is 4.46. The molecule has 0 aromatic heterocycles. The second-order valence-corrected chi connectivity index (χ2v) is 2.89. The van der Waals surface area contributed by atoms with Crippen molar-refractivity contribution in [1.82, 2.24) is 10.4 Å². The highest BCUT2D eigenvalue weighted by Gasteiger charge is 2.32. The van der Waals surface area contributed by atoms with Crippen molar-refractivity contribution in [2.24, 2.45) is 0 Å². The lowest BCUT2D eigenvalue weighted by molar-refractivity contribution is -0.171. The van der Waals surface area contributed by atoms with E-state index < -0.39 is 17.9 Å². The third kappa shape index (κ3) is 2.45. The summed E-state index contributed by atoms with van der Waals surface area (Å²) in [6.45, 7) is 2.33. The number of carbonyl (C=O) groups is 3. The van der Waals surface area contributed by atoms with Gasteiger partial charge in [-0.1, -0.05) is 6.92 Å². The second-order valence-electron chi connectivity index (χ2n) is 2.89. The Balaban J connectivity index is 2.39. The van der Waals surface area contributed by atoms with Gasteiger partial charge in [0.2, 0.25) is 0 Å². The molecule has 0 radical (unpaired) electrons. The van der Waals surface area contributed by atoms with Gasteiger partial charge in [-0.25, -0.2) is 4.79 Å². The molecule has 1 aliphatic rings. The van der Waals surface area contributed by atoms with E-state index in [1.54, 1.807) is 0 Å². The number of nitrogens with one attached hydrogen (secondary N) is 1. The van der Waals surface area contributed by atoms with E-state index in [4.69, 9.17) is 0 Å². The molecular formula is C8H12N2O4.